The van der Waals surface area contributed by atoms with Crippen LogP contribution in [0.15, 0.2) is 17.1 Å². The molecule has 0 saturated heterocycles. The molecule has 0 aromatic heterocycles. The van der Waals surface area contributed by atoms with E-state index in [0.717, 1.165) is 37.7 Å². The number of rotatable bonds is 5. The zero-order valence-electron chi connectivity index (χ0n) is 13.3. The zero-order chi connectivity index (χ0) is 14.5. The van der Waals surface area contributed by atoms with Crippen LogP contribution in [-0.2, 0) is 13.0 Å². The van der Waals surface area contributed by atoms with Crippen LogP contribution in [0, 0.1) is 5.92 Å². The summed E-state index contributed by atoms with van der Waals surface area (Å²) in [5.41, 5.74) is 5.31. The summed E-state index contributed by atoms with van der Waals surface area (Å²) in [6, 6.07) is 4.33. The van der Waals surface area contributed by atoms with Gasteiger partial charge in [-0.25, -0.2) is 0 Å². The summed E-state index contributed by atoms with van der Waals surface area (Å²) in [4.78, 5) is 4.56. The van der Waals surface area contributed by atoms with E-state index in [1.54, 1.807) is 0 Å². The second-order valence-corrected chi connectivity index (χ2v) is 5.47. The number of hydrogen-bond acceptors (Lipinski definition) is 2. The van der Waals surface area contributed by atoms with Crippen LogP contribution in [0.1, 0.15) is 63.6 Å². The second kappa shape index (κ2) is 6.92. The monoisotopic (exact) mass is 273 g/mol. The molecule has 0 N–H and O–H groups in total. The molecular formula is C18H27NO. The first-order valence-corrected chi connectivity index (χ1v) is 8.08. The molecule has 1 aromatic carbocycles. The molecule has 1 aliphatic heterocycles. The maximum Gasteiger partial charge on any atom is 0.122 e. The molecule has 1 saturated carbocycles. The Balaban J connectivity index is 0.000000704. The van der Waals surface area contributed by atoms with Crippen molar-refractivity contribution in [2.24, 2.45) is 10.9 Å². The quantitative estimate of drug-likeness (QED) is 0.756. The summed E-state index contributed by atoms with van der Waals surface area (Å²) < 4.78 is 6.02. The van der Waals surface area contributed by atoms with Gasteiger partial charge in [-0.1, -0.05) is 27.2 Å². The first kappa shape index (κ1) is 15.1. The molecule has 0 bridgehead atoms. The highest BCUT2D eigenvalue weighted by molar-refractivity contribution is 6.02. The summed E-state index contributed by atoms with van der Waals surface area (Å²) in [5.74, 6) is 1.91. The molecule has 0 spiro atoms. The van der Waals surface area contributed by atoms with Gasteiger partial charge in [-0.05, 0) is 55.4 Å². The van der Waals surface area contributed by atoms with Gasteiger partial charge in [0, 0.05) is 11.3 Å². The largest absolute Gasteiger partial charge is 0.493 e. The van der Waals surface area contributed by atoms with Gasteiger partial charge in [-0.15, -0.1) is 0 Å². The summed E-state index contributed by atoms with van der Waals surface area (Å²) in [6.45, 7) is 10.1. The van der Waals surface area contributed by atoms with E-state index in [2.05, 4.69) is 31.0 Å². The van der Waals surface area contributed by atoms with Crippen LogP contribution in [0.4, 0.5) is 0 Å². The topological polar surface area (TPSA) is 21.6 Å². The van der Waals surface area contributed by atoms with Crippen LogP contribution < -0.4 is 4.74 Å². The average Bonchev–Trinajstić information content (AvgIpc) is 3.23. The van der Waals surface area contributed by atoms with E-state index in [0.29, 0.717) is 0 Å². The molecule has 2 aliphatic rings. The van der Waals surface area contributed by atoms with E-state index >= 15 is 0 Å². The van der Waals surface area contributed by atoms with Gasteiger partial charge in [0.1, 0.15) is 5.75 Å². The maximum atomic E-state index is 6.02. The molecule has 110 valence electrons. The third-order valence-corrected chi connectivity index (χ3v) is 3.92. The standard InChI is InChI=1S/C16H21NO.C2H6/c1-3-4-14-15-9-17-11(2)13(15)7-8-16(14)18-10-12-5-6-12;1-2/h7-8,12H,3-6,9-10H2,1-2H3;1-2H3. The van der Waals surface area contributed by atoms with E-state index < -0.39 is 0 Å². The highest BCUT2D eigenvalue weighted by Crippen LogP contribution is 2.34. The molecule has 0 unspecified atom stereocenters. The summed E-state index contributed by atoms with van der Waals surface area (Å²) in [6.07, 6.45) is 4.95. The van der Waals surface area contributed by atoms with E-state index in [1.165, 1.54) is 35.2 Å². The number of nitrogens with zero attached hydrogens (tertiary/aromatic N) is 1. The van der Waals surface area contributed by atoms with E-state index in [4.69, 9.17) is 4.74 Å². The third kappa shape index (κ3) is 3.23. The average molecular weight is 273 g/mol. The minimum atomic E-state index is 0.811. The Morgan fingerprint density at radius 1 is 1.25 bits per heavy atom. The molecule has 3 rings (SSSR count). The van der Waals surface area contributed by atoms with Gasteiger partial charge in [0.25, 0.3) is 0 Å². The summed E-state index contributed by atoms with van der Waals surface area (Å²) in [5, 5.41) is 0. The van der Waals surface area contributed by atoms with Crippen LogP contribution in [0.5, 0.6) is 5.75 Å². The molecule has 0 radical (unpaired) electrons. The van der Waals surface area contributed by atoms with Crippen molar-refractivity contribution in [2.45, 2.75) is 59.9 Å². The van der Waals surface area contributed by atoms with Gasteiger partial charge in [0.15, 0.2) is 0 Å². The van der Waals surface area contributed by atoms with Gasteiger partial charge >= 0.3 is 0 Å². The number of fused-ring (bicyclic) bond motifs is 1. The van der Waals surface area contributed by atoms with Gasteiger partial charge in [-0.2, -0.15) is 0 Å². The lowest BCUT2D eigenvalue weighted by Gasteiger charge is -2.15. The molecule has 1 aromatic rings. The molecular weight excluding hydrogens is 246 g/mol. The van der Waals surface area contributed by atoms with Gasteiger partial charge in [0.05, 0.1) is 13.2 Å². The van der Waals surface area contributed by atoms with Crippen molar-refractivity contribution in [3.05, 3.63) is 28.8 Å². The van der Waals surface area contributed by atoms with E-state index in [1.807, 2.05) is 13.8 Å². The van der Waals surface area contributed by atoms with Crippen LogP contribution in [0.3, 0.4) is 0 Å². The SMILES string of the molecule is CC.CCCc1c(OCC2CC2)ccc2c1CN=C2C. The van der Waals surface area contributed by atoms with Crippen molar-refractivity contribution in [3.63, 3.8) is 0 Å². The molecule has 2 heteroatoms. The Bertz CT molecular complexity index is 486. The van der Waals surface area contributed by atoms with Gasteiger partial charge in [0.2, 0.25) is 0 Å². The number of ether oxygens (including phenoxy) is 1. The summed E-state index contributed by atoms with van der Waals surface area (Å²) in [7, 11) is 0. The predicted octanol–water partition coefficient (Wildman–Crippen LogP) is 4.78. The lowest BCUT2D eigenvalue weighted by atomic mass is 9.96. The van der Waals surface area contributed by atoms with Crippen LogP contribution >= 0.6 is 0 Å². The van der Waals surface area contributed by atoms with Crippen molar-refractivity contribution >= 4 is 5.71 Å². The molecule has 0 atom stereocenters. The lowest BCUT2D eigenvalue weighted by molar-refractivity contribution is 0.296. The fourth-order valence-corrected chi connectivity index (χ4v) is 2.63. The van der Waals surface area contributed by atoms with E-state index in [-0.39, 0.29) is 0 Å². The molecule has 1 fully saturated rings. The van der Waals surface area contributed by atoms with Crippen molar-refractivity contribution in [1.29, 1.82) is 0 Å². The molecule has 2 nitrogen and oxygen atoms in total. The molecule has 20 heavy (non-hydrogen) atoms. The normalized spacial score (nSPS) is 16.1. The first-order valence-electron chi connectivity index (χ1n) is 8.08. The highest BCUT2D eigenvalue weighted by Gasteiger charge is 2.24. The van der Waals surface area contributed by atoms with E-state index in [9.17, 15) is 0 Å². The zero-order valence-corrected chi connectivity index (χ0v) is 13.3. The number of aliphatic imine (C=N–C) groups is 1. The Labute approximate surface area is 123 Å². The number of benzene rings is 1. The predicted molar refractivity (Wildman–Crippen MR) is 85.9 cm³/mol. The van der Waals surface area contributed by atoms with Crippen molar-refractivity contribution in [1.82, 2.24) is 0 Å². The Hall–Kier alpha value is -1.31. The Kier molecular flexibility index (Phi) is 5.22. The fourth-order valence-electron chi connectivity index (χ4n) is 2.63. The first-order chi connectivity index (χ1) is 9.79. The summed E-state index contributed by atoms with van der Waals surface area (Å²) >= 11 is 0. The maximum absolute atomic E-state index is 6.02. The minimum Gasteiger partial charge on any atom is -0.493 e. The smallest absolute Gasteiger partial charge is 0.122 e. The van der Waals surface area contributed by atoms with Crippen molar-refractivity contribution < 1.29 is 4.74 Å². The number of hydrogen-bond donors (Lipinski definition) is 0. The van der Waals surface area contributed by atoms with Crippen LogP contribution in [0.25, 0.3) is 0 Å². The lowest BCUT2D eigenvalue weighted by Crippen LogP contribution is -2.05. The van der Waals surface area contributed by atoms with Crippen molar-refractivity contribution in [2.75, 3.05) is 6.61 Å². The molecule has 1 aliphatic carbocycles. The van der Waals surface area contributed by atoms with Crippen LogP contribution in [-0.4, -0.2) is 12.3 Å². The van der Waals surface area contributed by atoms with Gasteiger partial charge < -0.3 is 4.74 Å². The molecule has 1 heterocycles. The van der Waals surface area contributed by atoms with Crippen LogP contribution in [0.2, 0.25) is 0 Å². The fraction of sp³-hybridized carbons (Fsp3) is 0.611. The minimum absolute atomic E-state index is 0.811. The highest BCUT2D eigenvalue weighted by atomic mass is 16.5. The molecule has 0 amide bonds. The van der Waals surface area contributed by atoms with Gasteiger partial charge in [-0.3, -0.25) is 4.99 Å². The Morgan fingerprint density at radius 3 is 2.65 bits per heavy atom. The van der Waals surface area contributed by atoms with Crippen molar-refractivity contribution in [3.8, 4) is 5.75 Å². The third-order valence-electron chi connectivity index (χ3n) is 3.92. The second-order valence-electron chi connectivity index (χ2n) is 5.47. The Morgan fingerprint density at radius 2 is 2.00 bits per heavy atom.